The van der Waals surface area contributed by atoms with Crippen molar-refractivity contribution in [1.82, 2.24) is 9.55 Å². The van der Waals surface area contributed by atoms with E-state index in [1.54, 1.807) is 0 Å². The van der Waals surface area contributed by atoms with Gasteiger partial charge in [0.15, 0.2) is 0 Å². The van der Waals surface area contributed by atoms with Crippen LogP contribution in [0.2, 0.25) is 0 Å². The average Bonchev–Trinajstić information content (AvgIpc) is 3.68. The largest absolute Gasteiger partial charge is 0.334 e. The molecule has 0 amide bonds. The highest BCUT2D eigenvalue weighted by Crippen LogP contribution is 2.32. The zero-order chi connectivity index (χ0) is 35.4. The lowest BCUT2D eigenvalue weighted by Crippen LogP contribution is -2.21. The Morgan fingerprint density at radius 1 is 0.440 bits per heavy atom. The highest BCUT2D eigenvalue weighted by Gasteiger charge is 2.23. The first-order valence-electron chi connectivity index (χ1n) is 22.9. The normalized spacial score (nSPS) is 12.8. The smallest absolute Gasteiger partial charge is 0.0948 e. The molecule has 0 aliphatic carbocycles. The summed E-state index contributed by atoms with van der Waals surface area (Å²) in [4.78, 5) is 4.50. The molecular formula is C48H86N2. The Labute approximate surface area is 313 Å². The van der Waals surface area contributed by atoms with E-state index in [2.05, 4.69) is 66.3 Å². The summed E-state index contributed by atoms with van der Waals surface area (Å²) in [7, 11) is 0. The highest BCUT2D eigenvalue weighted by molar-refractivity contribution is 5.15. The van der Waals surface area contributed by atoms with E-state index >= 15 is 0 Å². The molecule has 0 bridgehead atoms. The molecule has 1 aromatic carbocycles. The topological polar surface area (TPSA) is 17.8 Å². The van der Waals surface area contributed by atoms with E-state index in [0.717, 1.165) is 0 Å². The van der Waals surface area contributed by atoms with Gasteiger partial charge in [-0.3, -0.25) is 0 Å². The van der Waals surface area contributed by atoms with Crippen LogP contribution in [0.1, 0.15) is 244 Å². The Kier molecular flexibility index (Phi) is 30.8. The second-order valence-corrected chi connectivity index (χ2v) is 16.2. The second kappa shape index (κ2) is 34.5. The molecule has 0 aliphatic rings. The van der Waals surface area contributed by atoms with E-state index in [-0.39, 0.29) is 0 Å². The molecule has 2 aromatic rings. The van der Waals surface area contributed by atoms with Crippen molar-refractivity contribution < 1.29 is 0 Å². The summed E-state index contributed by atoms with van der Waals surface area (Å²) in [6.45, 7) is 4.62. The molecule has 0 spiro atoms. The first kappa shape index (κ1) is 44.6. The Balaban J connectivity index is 1.60. The maximum atomic E-state index is 4.50. The summed E-state index contributed by atoms with van der Waals surface area (Å²) < 4.78 is 2.46. The number of nitrogens with zero attached hydrogens (tertiary/aromatic N) is 2. The Morgan fingerprint density at radius 2 is 0.800 bits per heavy atom. The van der Waals surface area contributed by atoms with Crippen LogP contribution in [0, 0.1) is 5.92 Å². The molecule has 288 valence electrons. The maximum absolute atomic E-state index is 4.50. The molecule has 50 heavy (non-hydrogen) atoms. The minimum Gasteiger partial charge on any atom is -0.334 e. The fourth-order valence-corrected chi connectivity index (χ4v) is 8.30. The maximum Gasteiger partial charge on any atom is 0.0948 e. The molecule has 2 rings (SSSR count). The number of imidazole rings is 1. The van der Waals surface area contributed by atoms with Crippen molar-refractivity contribution >= 4 is 0 Å². The van der Waals surface area contributed by atoms with Crippen LogP contribution in [-0.4, -0.2) is 9.55 Å². The van der Waals surface area contributed by atoms with Gasteiger partial charge in [-0.2, -0.15) is 0 Å². The summed E-state index contributed by atoms with van der Waals surface area (Å²) in [5.41, 5.74) is 1.51. The summed E-state index contributed by atoms with van der Waals surface area (Å²) >= 11 is 0. The molecule has 0 fully saturated rings. The van der Waals surface area contributed by atoms with Gasteiger partial charge in [-0.25, -0.2) is 4.98 Å². The summed E-state index contributed by atoms with van der Waals surface area (Å²) in [6.07, 6.45) is 56.2. The Bertz CT molecular complexity index is 905. The number of aromatic nitrogens is 2. The molecule has 2 heteroatoms. The Hall–Kier alpha value is -1.57. The minimum absolute atomic E-state index is 0.570. The summed E-state index contributed by atoms with van der Waals surface area (Å²) in [5.74, 6) is 0.689. The number of benzene rings is 1. The summed E-state index contributed by atoms with van der Waals surface area (Å²) in [6, 6.07) is 11.9. The molecule has 2 atom stereocenters. The van der Waals surface area contributed by atoms with Gasteiger partial charge < -0.3 is 4.57 Å². The third-order valence-corrected chi connectivity index (χ3v) is 11.6. The van der Waals surface area contributed by atoms with Gasteiger partial charge in [0.25, 0.3) is 0 Å². The highest BCUT2D eigenvalue weighted by atomic mass is 15.1. The van der Waals surface area contributed by atoms with Crippen molar-refractivity contribution in [2.45, 2.75) is 245 Å². The monoisotopic (exact) mass is 691 g/mol. The number of hydrogen-bond donors (Lipinski definition) is 0. The van der Waals surface area contributed by atoms with Crippen LogP contribution in [0.5, 0.6) is 0 Å². The lowest BCUT2D eigenvalue weighted by atomic mass is 9.84. The molecule has 0 aliphatic heterocycles. The fraction of sp³-hybridized carbons (Fsp3) is 0.812. The van der Waals surface area contributed by atoms with Gasteiger partial charge in [0.2, 0.25) is 0 Å². The molecule has 1 aromatic heterocycles. The van der Waals surface area contributed by atoms with Crippen molar-refractivity contribution in [1.29, 1.82) is 0 Å². The molecule has 2 nitrogen and oxygen atoms in total. The van der Waals surface area contributed by atoms with Gasteiger partial charge in [0.05, 0.1) is 6.33 Å². The zero-order valence-corrected chi connectivity index (χ0v) is 33.9. The van der Waals surface area contributed by atoms with Crippen molar-refractivity contribution in [2.75, 3.05) is 0 Å². The molecule has 0 saturated heterocycles. The average molecular weight is 691 g/mol. The number of unbranched alkanes of at least 4 members (excludes halogenated alkanes) is 30. The van der Waals surface area contributed by atoms with Gasteiger partial charge in [0.1, 0.15) is 0 Å². The third kappa shape index (κ3) is 25.4. The van der Waals surface area contributed by atoms with E-state index in [4.69, 9.17) is 0 Å². The van der Waals surface area contributed by atoms with Gasteiger partial charge in [-0.15, -0.1) is 0 Å². The van der Waals surface area contributed by atoms with Crippen LogP contribution < -0.4 is 0 Å². The lowest BCUT2D eigenvalue weighted by molar-refractivity contribution is 0.275. The lowest BCUT2D eigenvalue weighted by Gasteiger charge is -2.29. The standard InChI is InChI=1S/C48H86N2/c1-3-5-7-9-11-13-15-17-19-20-22-23-25-27-29-31-36-40-47(44-46-38-34-33-35-39-46)48(50-43-42-49-45-50)41-37-32-30-28-26-24-21-18-16-14-12-10-8-6-4-2/h33-35,38-39,42-43,45,47-48H,3-32,36-37,40-41,44H2,1-2H3. The minimum atomic E-state index is 0.570. The first-order chi connectivity index (χ1) is 24.8. The van der Waals surface area contributed by atoms with Gasteiger partial charge >= 0.3 is 0 Å². The van der Waals surface area contributed by atoms with Crippen LogP contribution in [0.25, 0.3) is 0 Å². The molecule has 0 N–H and O–H groups in total. The van der Waals surface area contributed by atoms with Gasteiger partial charge in [-0.05, 0) is 30.7 Å². The van der Waals surface area contributed by atoms with Gasteiger partial charge in [0, 0.05) is 18.4 Å². The van der Waals surface area contributed by atoms with Crippen LogP contribution >= 0.6 is 0 Å². The van der Waals surface area contributed by atoms with Crippen molar-refractivity contribution in [2.24, 2.45) is 5.92 Å². The van der Waals surface area contributed by atoms with E-state index in [9.17, 15) is 0 Å². The van der Waals surface area contributed by atoms with Crippen molar-refractivity contribution in [3.8, 4) is 0 Å². The predicted molar refractivity (Wildman–Crippen MR) is 223 cm³/mol. The van der Waals surface area contributed by atoms with Crippen LogP contribution in [0.15, 0.2) is 49.1 Å². The number of hydrogen-bond acceptors (Lipinski definition) is 1. The molecule has 1 heterocycles. The molecule has 0 saturated carbocycles. The fourth-order valence-electron chi connectivity index (χ4n) is 8.30. The van der Waals surface area contributed by atoms with E-state index < -0.39 is 0 Å². The molecular weight excluding hydrogens is 605 g/mol. The number of rotatable bonds is 38. The second-order valence-electron chi connectivity index (χ2n) is 16.2. The predicted octanol–water partition coefficient (Wildman–Crippen LogP) is 16.6. The van der Waals surface area contributed by atoms with Gasteiger partial charge in [-0.1, -0.05) is 250 Å². The van der Waals surface area contributed by atoms with Crippen LogP contribution in [-0.2, 0) is 6.42 Å². The van der Waals surface area contributed by atoms with Crippen molar-refractivity contribution in [3.05, 3.63) is 54.6 Å². The van der Waals surface area contributed by atoms with Crippen LogP contribution in [0.4, 0.5) is 0 Å². The van der Waals surface area contributed by atoms with Crippen LogP contribution in [0.3, 0.4) is 0 Å². The van der Waals surface area contributed by atoms with E-state index in [1.807, 2.05) is 6.20 Å². The Morgan fingerprint density at radius 3 is 1.16 bits per heavy atom. The molecule has 0 radical (unpaired) electrons. The first-order valence-corrected chi connectivity index (χ1v) is 22.9. The SMILES string of the molecule is CCCCCCCCCCCCCCCCCCCC(Cc1ccccc1)C(CCCCCCCCCCCCCCCCC)n1ccnc1. The van der Waals surface area contributed by atoms with E-state index in [1.165, 1.54) is 230 Å². The van der Waals surface area contributed by atoms with E-state index in [0.29, 0.717) is 12.0 Å². The quantitative estimate of drug-likeness (QED) is 0.0641. The van der Waals surface area contributed by atoms with Crippen molar-refractivity contribution in [3.63, 3.8) is 0 Å². The summed E-state index contributed by atoms with van der Waals surface area (Å²) in [5, 5.41) is 0. The third-order valence-electron chi connectivity index (χ3n) is 11.6. The zero-order valence-electron chi connectivity index (χ0n) is 33.9. The molecule has 2 unspecified atom stereocenters.